The molecule has 116 valence electrons. The Labute approximate surface area is 124 Å². The zero-order valence-corrected chi connectivity index (χ0v) is 13.2. The number of likely N-dealkylation sites (N-methyl/N-ethyl adjacent to an activating group) is 1. The number of carbonyl (C=O) groups is 2. The molecule has 1 rings (SSSR count). The molecule has 0 heterocycles. The average molecular weight is 313 g/mol. The van der Waals surface area contributed by atoms with Gasteiger partial charge in [0.2, 0.25) is 5.91 Å². The van der Waals surface area contributed by atoms with Gasteiger partial charge in [-0.25, -0.2) is 8.42 Å². The minimum absolute atomic E-state index is 0.0424. The van der Waals surface area contributed by atoms with E-state index >= 15 is 0 Å². The van der Waals surface area contributed by atoms with Crippen LogP contribution in [-0.4, -0.2) is 51.5 Å². The number of anilines is 1. The second-order valence-electron chi connectivity index (χ2n) is 4.99. The summed E-state index contributed by atoms with van der Waals surface area (Å²) in [6.07, 6.45) is 1.03. The van der Waals surface area contributed by atoms with Crippen LogP contribution in [0.3, 0.4) is 0 Å². The van der Waals surface area contributed by atoms with Crippen molar-refractivity contribution in [2.45, 2.75) is 17.9 Å². The fourth-order valence-corrected chi connectivity index (χ4v) is 2.39. The van der Waals surface area contributed by atoms with E-state index in [-0.39, 0.29) is 22.1 Å². The topological polar surface area (TPSA) is 110 Å². The van der Waals surface area contributed by atoms with Gasteiger partial charge in [0.05, 0.1) is 4.90 Å². The molecule has 3 N–H and O–H groups in total. The molecule has 7 nitrogen and oxygen atoms in total. The van der Waals surface area contributed by atoms with Gasteiger partial charge in [0.1, 0.15) is 6.04 Å². The number of hydrogen-bond acceptors (Lipinski definition) is 5. The largest absolute Gasteiger partial charge is 0.399 e. The van der Waals surface area contributed by atoms with E-state index in [1.54, 1.807) is 21.0 Å². The third-order valence-electron chi connectivity index (χ3n) is 2.78. The van der Waals surface area contributed by atoms with Crippen molar-refractivity contribution in [1.82, 2.24) is 10.2 Å². The van der Waals surface area contributed by atoms with Crippen LogP contribution in [0.4, 0.5) is 5.69 Å². The number of sulfone groups is 1. The van der Waals surface area contributed by atoms with Crippen molar-refractivity contribution in [3.63, 3.8) is 0 Å². The number of nitrogens with zero attached hydrogens (tertiary/aromatic N) is 1. The Bertz CT molecular complexity index is 668. The predicted octanol–water partition coefficient (Wildman–Crippen LogP) is -0.121. The van der Waals surface area contributed by atoms with Gasteiger partial charge in [-0.05, 0) is 25.1 Å². The summed E-state index contributed by atoms with van der Waals surface area (Å²) in [4.78, 5) is 25.1. The minimum atomic E-state index is -3.47. The van der Waals surface area contributed by atoms with Gasteiger partial charge in [-0.1, -0.05) is 0 Å². The maximum absolute atomic E-state index is 12.1. The van der Waals surface area contributed by atoms with E-state index in [0.29, 0.717) is 0 Å². The van der Waals surface area contributed by atoms with E-state index < -0.39 is 21.8 Å². The van der Waals surface area contributed by atoms with Crippen LogP contribution in [0.15, 0.2) is 23.1 Å². The summed E-state index contributed by atoms with van der Waals surface area (Å²) < 4.78 is 23.1. The minimum Gasteiger partial charge on any atom is -0.399 e. The number of carbonyl (C=O) groups excluding carboxylic acids is 2. The molecule has 0 saturated heterocycles. The second kappa shape index (κ2) is 6.13. The summed E-state index contributed by atoms with van der Waals surface area (Å²) in [7, 11) is -0.321. The quantitative estimate of drug-likeness (QED) is 0.753. The monoisotopic (exact) mass is 313 g/mol. The molecule has 0 fully saturated rings. The maximum Gasteiger partial charge on any atom is 0.252 e. The van der Waals surface area contributed by atoms with Crippen molar-refractivity contribution in [2.75, 3.05) is 26.1 Å². The van der Waals surface area contributed by atoms with Gasteiger partial charge in [0.15, 0.2) is 9.84 Å². The molecule has 0 aliphatic carbocycles. The third kappa shape index (κ3) is 4.45. The summed E-state index contributed by atoms with van der Waals surface area (Å²) in [5, 5.41) is 2.50. The first-order valence-electron chi connectivity index (χ1n) is 6.15. The summed E-state index contributed by atoms with van der Waals surface area (Å²) in [6.45, 7) is 1.55. The van der Waals surface area contributed by atoms with Crippen LogP contribution in [0.25, 0.3) is 0 Å². The van der Waals surface area contributed by atoms with Crippen LogP contribution in [-0.2, 0) is 14.6 Å². The highest BCUT2D eigenvalue weighted by molar-refractivity contribution is 7.90. The van der Waals surface area contributed by atoms with E-state index in [9.17, 15) is 18.0 Å². The normalized spacial score (nSPS) is 12.6. The number of nitrogens with one attached hydrogen (secondary N) is 1. The zero-order valence-electron chi connectivity index (χ0n) is 12.4. The van der Waals surface area contributed by atoms with Crippen LogP contribution in [0.5, 0.6) is 0 Å². The van der Waals surface area contributed by atoms with Gasteiger partial charge in [0.25, 0.3) is 5.91 Å². The highest BCUT2D eigenvalue weighted by Crippen LogP contribution is 2.17. The predicted molar refractivity (Wildman–Crippen MR) is 79.6 cm³/mol. The van der Waals surface area contributed by atoms with E-state index in [1.165, 1.54) is 23.1 Å². The molecule has 0 aromatic heterocycles. The maximum atomic E-state index is 12.1. The SMILES string of the molecule is CC(NC(=O)c1cc(N)cc(S(C)(=O)=O)c1)C(=O)N(C)C. The van der Waals surface area contributed by atoms with E-state index in [2.05, 4.69) is 5.32 Å². The van der Waals surface area contributed by atoms with Crippen LogP contribution in [0.1, 0.15) is 17.3 Å². The van der Waals surface area contributed by atoms with Gasteiger partial charge in [-0.15, -0.1) is 0 Å². The second-order valence-corrected chi connectivity index (χ2v) is 7.01. The Morgan fingerprint density at radius 3 is 2.29 bits per heavy atom. The van der Waals surface area contributed by atoms with Crippen molar-refractivity contribution in [1.29, 1.82) is 0 Å². The number of amides is 2. The molecule has 21 heavy (non-hydrogen) atoms. The lowest BCUT2D eigenvalue weighted by molar-refractivity contribution is -0.130. The lowest BCUT2D eigenvalue weighted by Crippen LogP contribution is -2.44. The van der Waals surface area contributed by atoms with Crippen LogP contribution < -0.4 is 11.1 Å². The van der Waals surface area contributed by atoms with Gasteiger partial charge in [0, 0.05) is 31.6 Å². The van der Waals surface area contributed by atoms with Crippen LogP contribution in [0, 0.1) is 0 Å². The molecule has 2 amide bonds. The lowest BCUT2D eigenvalue weighted by atomic mass is 10.1. The molecule has 0 saturated carbocycles. The first-order valence-corrected chi connectivity index (χ1v) is 8.04. The van der Waals surface area contributed by atoms with E-state index in [0.717, 1.165) is 6.26 Å². The van der Waals surface area contributed by atoms with Gasteiger partial charge in [-0.2, -0.15) is 0 Å². The van der Waals surface area contributed by atoms with E-state index in [1.807, 2.05) is 0 Å². The highest BCUT2D eigenvalue weighted by Gasteiger charge is 2.19. The molecule has 0 spiro atoms. The Balaban J connectivity index is 3.04. The summed E-state index contributed by atoms with van der Waals surface area (Å²) >= 11 is 0. The van der Waals surface area contributed by atoms with Crippen LogP contribution in [0.2, 0.25) is 0 Å². The molecule has 0 radical (unpaired) electrons. The molecular formula is C13H19N3O4S. The number of nitrogen functional groups attached to an aromatic ring is 1. The molecule has 0 aliphatic heterocycles. The molecule has 0 bridgehead atoms. The molecular weight excluding hydrogens is 294 g/mol. The molecule has 8 heteroatoms. The van der Waals surface area contributed by atoms with Crippen molar-refractivity contribution in [3.8, 4) is 0 Å². The average Bonchev–Trinajstić information content (AvgIpc) is 2.35. The van der Waals surface area contributed by atoms with Gasteiger partial charge < -0.3 is 16.0 Å². The standard InChI is InChI=1S/C13H19N3O4S/c1-8(13(18)16(2)3)15-12(17)9-5-10(14)7-11(6-9)21(4,19)20/h5-8H,14H2,1-4H3,(H,15,17). The molecule has 0 aliphatic rings. The summed E-state index contributed by atoms with van der Waals surface area (Å²) in [6, 6.07) is 3.14. The first-order chi connectivity index (χ1) is 9.52. The van der Waals surface area contributed by atoms with E-state index in [4.69, 9.17) is 5.73 Å². The smallest absolute Gasteiger partial charge is 0.252 e. The fourth-order valence-electron chi connectivity index (χ4n) is 1.70. The number of benzene rings is 1. The third-order valence-corrected chi connectivity index (χ3v) is 3.87. The fraction of sp³-hybridized carbons (Fsp3) is 0.385. The van der Waals surface area contributed by atoms with Crippen molar-refractivity contribution < 1.29 is 18.0 Å². The Morgan fingerprint density at radius 1 is 1.24 bits per heavy atom. The Morgan fingerprint density at radius 2 is 1.81 bits per heavy atom. The Kier molecular flexibility index (Phi) is 4.95. The summed E-state index contributed by atoms with van der Waals surface area (Å²) in [5.74, 6) is -0.828. The zero-order chi connectivity index (χ0) is 16.4. The number of hydrogen-bond donors (Lipinski definition) is 2. The summed E-state index contributed by atoms with van der Waals surface area (Å²) in [5.41, 5.74) is 5.87. The Hall–Kier alpha value is -2.09. The van der Waals surface area contributed by atoms with Crippen molar-refractivity contribution >= 4 is 27.3 Å². The highest BCUT2D eigenvalue weighted by atomic mass is 32.2. The lowest BCUT2D eigenvalue weighted by Gasteiger charge is -2.18. The molecule has 1 aromatic carbocycles. The molecule has 1 unspecified atom stereocenters. The number of nitrogens with two attached hydrogens (primary N) is 1. The molecule has 1 aromatic rings. The van der Waals surface area contributed by atoms with Crippen molar-refractivity contribution in [3.05, 3.63) is 23.8 Å². The van der Waals surface area contributed by atoms with Gasteiger partial charge in [-0.3, -0.25) is 9.59 Å². The van der Waals surface area contributed by atoms with Crippen molar-refractivity contribution in [2.24, 2.45) is 0 Å². The van der Waals surface area contributed by atoms with Gasteiger partial charge >= 0.3 is 0 Å². The number of rotatable bonds is 4. The first kappa shape index (κ1) is 17.0. The molecule has 1 atom stereocenters. The van der Waals surface area contributed by atoms with Crippen LogP contribution >= 0.6 is 0 Å².